The van der Waals surface area contributed by atoms with Crippen molar-refractivity contribution in [1.82, 2.24) is 4.98 Å². The molecule has 0 saturated carbocycles. The van der Waals surface area contributed by atoms with Crippen molar-refractivity contribution < 1.29 is 4.42 Å². The lowest BCUT2D eigenvalue weighted by Crippen LogP contribution is -1.95. The van der Waals surface area contributed by atoms with Crippen molar-refractivity contribution >= 4 is 16.8 Å². The molecule has 0 radical (unpaired) electrons. The number of rotatable bonds is 4. The number of hydrogen-bond donors (Lipinski definition) is 1. The SMILES string of the molecule is CCNc1cccc(-c2nc3cc(C(C)C)ccc3o2)c1. The van der Waals surface area contributed by atoms with Gasteiger partial charge in [0.2, 0.25) is 5.89 Å². The van der Waals surface area contributed by atoms with Gasteiger partial charge in [0.1, 0.15) is 5.52 Å². The summed E-state index contributed by atoms with van der Waals surface area (Å²) in [7, 11) is 0. The normalized spacial score (nSPS) is 11.2. The van der Waals surface area contributed by atoms with Gasteiger partial charge < -0.3 is 9.73 Å². The molecule has 0 spiro atoms. The van der Waals surface area contributed by atoms with Gasteiger partial charge in [0.05, 0.1) is 0 Å². The molecule has 0 aliphatic heterocycles. The third-order valence-corrected chi connectivity index (χ3v) is 3.57. The van der Waals surface area contributed by atoms with Crippen LogP contribution in [-0.2, 0) is 0 Å². The molecule has 0 aliphatic rings. The van der Waals surface area contributed by atoms with Crippen LogP contribution >= 0.6 is 0 Å². The second kappa shape index (κ2) is 5.60. The summed E-state index contributed by atoms with van der Waals surface area (Å²) >= 11 is 0. The van der Waals surface area contributed by atoms with Gasteiger partial charge >= 0.3 is 0 Å². The van der Waals surface area contributed by atoms with E-state index in [0.29, 0.717) is 11.8 Å². The van der Waals surface area contributed by atoms with Crippen LogP contribution in [0.2, 0.25) is 0 Å². The monoisotopic (exact) mass is 280 g/mol. The Morgan fingerprint density at radius 1 is 1.14 bits per heavy atom. The van der Waals surface area contributed by atoms with Crippen molar-refractivity contribution in [1.29, 1.82) is 0 Å². The van der Waals surface area contributed by atoms with Crippen LogP contribution in [0.25, 0.3) is 22.6 Å². The van der Waals surface area contributed by atoms with Gasteiger partial charge in [0, 0.05) is 17.8 Å². The zero-order valence-corrected chi connectivity index (χ0v) is 12.7. The predicted octanol–water partition coefficient (Wildman–Crippen LogP) is 5.05. The Hall–Kier alpha value is -2.29. The third kappa shape index (κ3) is 2.77. The molecule has 0 unspecified atom stereocenters. The van der Waals surface area contributed by atoms with Gasteiger partial charge in [-0.15, -0.1) is 0 Å². The smallest absolute Gasteiger partial charge is 0.227 e. The van der Waals surface area contributed by atoms with Gasteiger partial charge in [-0.3, -0.25) is 0 Å². The average molecular weight is 280 g/mol. The second-order valence-electron chi connectivity index (χ2n) is 5.51. The van der Waals surface area contributed by atoms with Crippen molar-refractivity contribution in [3.05, 3.63) is 48.0 Å². The molecule has 0 amide bonds. The molecular formula is C18H20N2O. The van der Waals surface area contributed by atoms with E-state index in [1.54, 1.807) is 0 Å². The number of aromatic nitrogens is 1. The molecule has 0 fully saturated rings. The molecule has 0 saturated heterocycles. The van der Waals surface area contributed by atoms with Crippen LogP contribution in [-0.4, -0.2) is 11.5 Å². The summed E-state index contributed by atoms with van der Waals surface area (Å²) in [4.78, 5) is 4.63. The van der Waals surface area contributed by atoms with Crippen molar-refractivity contribution in [2.45, 2.75) is 26.7 Å². The average Bonchev–Trinajstić information content (AvgIpc) is 2.91. The van der Waals surface area contributed by atoms with E-state index in [2.05, 4.69) is 49.3 Å². The molecule has 0 aliphatic carbocycles. The standard InChI is InChI=1S/C18H20N2O/c1-4-19-15-7-5-6-14(10-15)18-20-16-11-13(12(2)3)8-9-17(16)21-18/h5-12,19H,4H2,1-3H3. The van der Waals surface area contributed by atoms with Crippen molar-refractivity contribution in [3.63, 3.8) is 0 Å². The maximum absolute atomic E-state index is 5.88. The van der Waals surface area contributed by atoms with Crippen molar-refractivity contribution in [2.75, 3.05) is 11.9 Å². The Kier molecular flexibility index (Phi) is 3.65. The Morgan fingerprint density at radius 3 is 2.76 bits per heavy atom. The van der Waals surface area contributed by atoms with E-state index in [-0.39, 0.29) is 0 Å². The Bertz CT molecular complexity index is 759. The summed E-state index contributed by atoms with van der Waals surface area (Å²) < 4.78 is 5.88. The molecular weight excluding hydrogens is 260 g/mol. The Morgan fingerprint density at radius 2 is 2.00 bits per heavy atom. The van der Waals surface area contributed by atoms with E-state index in [4.69, 9.17) is 4.42 Å². The molecule has 3 aromatic rings. The maximum Gasteiger partial charge on any atom is 0.227 e. The van der Waals surface area contributed by atoms with E-state index in [9.17, 15) is 0 Å². The lowest BCUT2D eigenvalue weighted by atomic mass is 10.0. The van der Waals surface area contributed by atoms with Crippen LogP contribution in [0.1, 0.15) is 32.3 Å². The third-order valence-electron chi connectivity index (χ3n) is 3.57. The highest BCUT2D eigenvalue weighted by atomic mass is 16.3. The fraction of sp³-hybridized carbons (Fsp3) is 0.278. The molecule has 0 atom stereocenters. The minimum absolute atomic E-state index is 0.492. The van der Waals surface area contributed by atoms with Crippen LogP contribution in [0.5, 0.6) is 0 Å². The second-order valence-corrected chi connectivity index (χ2v) is 5.51. The highest BCUT2D eigenvalue weighted by molar-refractivity contribution is 5.77. The highest BCUT2D eigenvalue weighted by Gasteiger charge is 2.10. The number of benzene rings is 2. The zero-order valence-electron chi connectivity index (χ0n) is 12.7. The van der Waals surface area contributed by atoms with Crippen LogP contribution < -0.4 is 5.32 Å². The first-order valence-corrected chi connectivity index (χ1v) is 7.42. The Balaban J connectivity index is 2.02. The molecule has 21 heavy (non-hydrogen) atoms. The lowest BCUT2D eigenvalue weighted by molar-refractivity contribution is 0.619. The number of hydrogen-bond acceptors (Lipinski definition) is 3. The van der Waals surface area contributed by atoms with E-state index < -0.39 is 0 Å². The van der Waals surface area contributed by atoms with E-state index in [1.165, 1.54) is 5.56 Å². The quantitative estimate of drug-likeness (QED) is 0.726. The number of nitrogens with zero attached hydrogens (tertiary/aromatic N) is 1. The van der Waals surface area contributed by atoms with Gasteiger partial charge in [-0.05, 0) is 48.7 Å². The predicted molar refractivity (Wildman–Crippen MR) is 87.7 cm³/mol. The van der Waals surface area contributed by atoms with Crippen LogP contribution in [0, 0.1) is 0 Å². The van der Waals surface area contributed by atoms with Crippen molar-refractivity contribution in [2.24, 2.45) is 0 Å². The van der Waals surface area contributed by atoms with Gasteiger partial charge in [0.15, 0.2) is 5.58 Å². The summed E-state index contributed by atoms with van der Waals surface area (Å²) in [5, 5.41) is 3.31. The highest BCUT2D eigenvalue weighted by Crippen LogP contribution is 2.28. The molecule has 0 bridgehead atoms. The molecule has 3 nitrogen and oxygen atoms in total. The lowest BCUT2D eigenvalue weighted by Gasteiger charge is -2.03. The number of anilines is 1. The number of fused-ring (bicyclic) bond motifs is 1. The molecule has 1 N–H and O–H groups in total. The van der Waals surface area contributed by atoms with Crippen molar-refractivity contribution in [3.8, 4) is 11.5 Å². The molecule has 3 heteroatoms. The maximum atomic E-state index is 5.88. The first kappa shape index (κ1) is 13.7. The molecule has 108 valence electrons. The summed E-state index contributed by atoms with van der Waals surface area (Å²) in [6.07, 6.45) is 0. The zero-order chi connectivity index (χ0) is 14.8. The fourth-order valence-corrected chi connectivity index (χ4v) is 2.39. The summed E-state index contributed by atoms with van der Waals surface area (Å²) in [5.74, 6) is 1.16. The summed E-state index contributed by atoms with van der Waals surface area (Å²) in [6.45, 7) is 7.35. The molecule has 3 rings (SSSR count). The van der Waals surface area contributed by atoms with Gasteiger partial charge in [-0.2, -0.15) is 0 Å². The fourth-order valence-electron chi connectivity index (χ4n) is 2.39. The minimum atomic E-state index is 0.492. The topological polar surface area (TPSA) is 38.1 Å². The summed E-state index contributed by atoms with van der Waals surface area (Å²) in [5.41, 5.74) is 5.12. The van der Waals surface area contributed by atoms with Gasteiger partial charge in [0.25, 0.3) is 0 Å². The first-order chi connectivity index (χ1) is 10.2. The summed E-state index contributed by atoms with van der Waals surface area (Å²) in [6, 6.07) is 14.4. The molecule has 1 heterocycles. The molecule has 2 aromatic carbocycles. The van der Waals surface area contributed by atoms with Gasteiger partial charge in [-0.25, -0.2) is 4.98 Å². The van der Waals surface area contributed by atoms with Gasteiger partial charge in [-0.1, -0.05) is 26.0 Å². The van der Waals surface area contributed by atoms with E-state index >= 15 is 0 Å². The largest absolute Gasteiger partial charge is 0.436 e. The first-order valence-electron chi connectivity index (χ1n) is 7.42. The van der Waals surface area contributed by atoms with Crippen LogP contribution in [0.3, 0.4) is 0 Å². The Labute approximate surface area is 125 Å². The van der Waals surface area contributed by atoms with E-state index in [0.717, 1.165) is 28.9 Å². The van der Waals surface area contributed by atoms with E-state index in [1.807, 2.05) is 24.3 Å². The van der Waals surface area contributed by atoms with Crippen LogP contribution in [0.4, 0.5) is 5.69 Å². The number of oxazole rings is 1. The minimum Gasteiger partial charge on any atom is -0.436 e. The molecule has 1 aromatic heterocycles. The number of nitrogens with one attached hydrogen (secondary N) is 1. The van der Waals surface area contributed by atoms with Crippen LogP contribution in [0.15, 0.2) is 46.9 Å².